The predicted octanol–water partition coefficient (Wildman–Crippen LogP) is 2.83. The number of carbonyl (C=O) groups is 3. The van der Waals surface area contributed by atoms with Gasteiger partial charge in [-0.15, -0.1) is 0 Å². The van der Waals surface area contributed by atoms with E-state index < -0.39 is 6.04 Å². The Hall–Kier alpha value is -3.26. The molecule has 0 aliphatic carbocycles. The lowest BCUT2D eigenvalue weighted by atomic mass is 10.1. The second kappa shape index (κ2) is 8.83. The highest BCUT2D eigenvalue weighted by Crippen LogP contribution is 2.36. The minimum absolute atomic E-state index is 0.00150. The first-order valence-corrected chi connectivity index (χ1v) is 9.23. The molecular weight excluding hydrogens is 398 g/mol. The van der Waals surface area contributed by atoms with Gasteiger partial charge in [-0.3, -0.25) is 14.4 Å². The molecule has 0 unspecified atom stereocenters. The summed E-state index contributed by atoms with van der Waals surface area (Å²) in [5, 5.41) is 8.39. The number of amides is 3. The van der Waals surface area contributed by atoms with Crippen LogP contribution in [-0.4, -0.2) is 38.0 Å². The molecule has 1 atom stereocenters. The normalized spacial score (nSPS) is 15.5. The van der Waals surface area contributed by atoms with Gasteiger partial charge < -0.3 is 25.4 Å². The van der Waals surface area contributed by atoms with Crippen LogP contribution < -0.4 is 25.4 Å². The molecular formula is C20H20ClN3O5. The highest BCUT2D eigenvalue weighted by Gasteiger charge is 2.28. The van der Waals surface area contributed by atoms with E-state index in [1.165, 1.54) is 20.3 Å². The maximum atomic E-state index is 12.4. The lowest BCUT2D eigenvalue weighted by Gasteiger charge is -2.15. The first-order valence-electron chi connectivity index (χ1n) is 8.85. The Kier molecular flexibility index (Phi) is 6.23. The molecule has 1 aliphatic heterocycles. The third-order valence-electron chi connectivity index (χ3n) is 4.46. The number of carbonyl (C=O) groups excluding carboxylic acids is 3. The number of ether oxygens (including phenoxy) is 2. The highest BCUT2D eigenvalue weighted by atomic mass is 35.5. The standard InChI is InChI=1S/C20H20ClN3O5/c1-28-16-10-17(29-2)15(9-12(16)21)22-18(25)8-7-14-20(27)23-13-6-4-3-5-11(13)19(26)24-14/h3-6,9-10,14H,7-8H2,1-2H3,(H,22,25)(H,23,27)(H,24,26)/t14-/m0/s1. The van der Waals surface area contributed by atoms with Gasteiger partial charge in [0.1, 0.15) is 17.5 Å². The summed E-state index contributed by atoms with van der Waals surface area (Å²) in [5.74, 6) is -0.294. The van der Waals surface area contributed by atoms with Crippen molar-refractivity contribution in [3.63, 3.8) is 0 Å². The largest absolute Gasteiger partial charge is 0.495 e. The van der Waals surface area contributed by atoms with Crippen LogP contribution in [0.1, 0.15) is 23.2 Å². The van der Waals surface area contributed by atoms with Crippen molar-refractivity contribution >= 4 is 40.7 Å². The maximum Gasteiger partial charge on any atom is 0.254 e. The third kappa shape index (κ3) is 4.60. The Morgan fingerprint density at radius 3 is 2.59 bits per heavy atom. The van der Waals surface area contributed by atoms with E-state index in [0.717, 1.165) is 0 Å². The summed E-state index contributed by atoms with van der Waals surface area (Å²) in [4.78, 5) is 37.1. The molecule has 3 amide bonds. The zero-order valence-corrected chi connectivity index (χ0v) is 16.6. The zero-order valence-electron chi connectivity index (χ0n) is 15.9. The summed E-state index contributed by atoms with van der Waals surface area (Å²) in [7, 11) is 2.94. The number of rotatable bonds is 6. The number of fused-ring (bicyclic) bond motifs is 1. The fourth-order valence-corrected chi connectivity index (χ4v) is 3.20. The molecule has 0 saturated carbocycles. The molecule has 2 aromatic rings. The lowest BCUT2D eigenvalue weighted by molar-refractivity contribution is -0.118. The molecule has 3 N–H and O–H groups in total. The van der Waals surface area contributed by atoms with Crippen molar-refractivity contribution in [3.8, 4) is 11.5 Å². The molecule has 0 fully saturated rings. The van der Waals surface area contributed by atoms with Crippen molar-refractivity contribution in [2.75, 3.05) is 24.9 Å². The number of hydrogen-bond acceptors (Lipinski definition) is 5. The smallest absolute Gasteiger partial charge is 0.254 e. The van der Waals surface area contributed by atoms with Crippen molar-refractivity contribution in [1.82, 2.24) is 5.32 Å². The Labute approximate surface area is 172 Å². The van der Waals surface area contributed by atoms with Crippen LogP contribution in [0.25, 0.3) is 0 Å². The molecule has 0 saturated heterocycles. The van der Waals surface area contributed by atoms with E-state index in [1.807, 2.05) is 0 Å². The third-order valence-corrected chi connectivity index (χ3v) is 4.75. The Balaban J connectivity index is 1.65. The van der Waals surface area contributed by atoms with Crippen LogP contribution in [0.5, 0.6) is 11.5 Å². The van der Waals surface area contributed by atoms with E-state index >= 15 is 0 Å². The van der Waals surface area contributed by atoms with Crippen molar-refractivity contribution < 1.29 is 23.9 Å². The molecule has 0 radical (unpaired) electrons. The topological polar surface area (TPSA) is 106 Å². The molecule has 2 aromatic carbocycles. The van der Waals surface area contributed by atoms with Crippen LogP contribution in [0, 0.1) is 0 Å². The molecule has 29 heavy (non-hydrogen) atoms. The molecule has 0 spiro atoms. The van der Waals surface area contributed by atoms with Gasteiger partial charge in [-0.05, 0) is 24.6 Å². The van der Waals surface area contributed by atoms with Gasteiger partial charge >= 0.3 is 0 Å². The monoisotopic (exact) mass is 417 g/mol. The van der Waals surface area contributed by atoms with Gasteiger partial charge in [0.15, 0.2) is 0 Å². The summed E-state index contributed by atoms with van der Waals surface area (Å²) in [6, 6.07) is 8.98. The van der Waals surface area contributed by atoms with Crippen molar-refractivity contribution in [2.24, 2.45) is 0 Å². The summed E-state index contributed by atoms with van der Waals surface area (Å²) in [5.41, 5.74) is 1.20. The Morgan fingerprint density at radius 1 is 1.14 bits per heavy atom. The van der Waals surface area contributed by atoms with E-state index in [2.05, 4.69) is 16.0 Å². The fourth-order valence-electron chi connectivity index (χ4n) is 2.96. The van der Waals surface area contributed by atoms with Crippen LogP contribution in [-0.2, 0) is 9.59 Å². The lowest BCUT2D eigenvalue weighted by Crippen LogP contribution is -2.41. The van der Waals surface area contributed by atoms with Crippen molar-refractivity contribution in [2.45, 2.75) is 18.9 Å². The van der Waals surface area contributed by atoms with E-state index in [1.54, 1.807) is 30.3 Å². The van der Waals surface area contributed by atoms with Crippen LogP contribution in [0.2, 0.25) is 5.02 Å². The van der Waals surface area contributed by atoms with Crippen molar-refractivity contribution in [3.05, 3.63) is 47.0 Å². The molecule has 152 valence electrons. The maximum absolute atomic E-state index is 12.4. The van der Waals surface area contributed by atoms with Gasteiger partial charge in [0.25, 0.3) is 5.91 Å². The average molecular weight is 418 g/mol. The fraction of sp³-hybridized carbons (Fsp3) is 0.250. The van der Waals surface area contributed by atoms with Crippen LogP contribution in [0.3, 0.4) is 0 Å². The van der Waals surface area contributed by atoms with Crippen molar-refractivity contribution in [1.29, 1.82) is 0 Å². The van der Waals surface area contributed by atoms with Gasteiger partial charge in [0, 0.05) is 12.5 Å². The predicted molar refractivity (Wildman–Crippen MR) is 109 cm³/mol. The molecule has 8 nitrogen and oxygen atoms in total. The number of para-hydroxylation sites is 1. The van der Waals surface area contributed by atoms with E-state index in [0.29, 0.717) is 33.5 Å². The van der Waals surface area contributed by atoms with Gasteiger partial charge in [0.05, 0.1) is 36.2 Å². The molecule has 1 heterocycles. The highest BCUT2D eigenvalue weighted by molar-refractivity contribution is 6.32. The van der Waals surface area contributed by atoms with Gasteiger partial charge in [0.2, 0.25) is 11.8 Å². The minimum Gasteiger partial charge on any atom is -0.495 e. The molecule has 3 rings (SSSR count). The number of halogens is 1. The van der Waals surface area contributed by atoms with Crippen LogP contribution in [0.15, 0.2) is 36.4 Å². The van der Waals surface area contributed by atoms with E-state index in [4.69, 9.17) is 21.1 Å². The second-order valence-electron chi connectivity index (χ2n) is 6.33. The number of anilines is 2. The van der Waals surface area contributed by atoms with E-state index in [-0.39, 0.29) is 30.6 Å². The SMILES string of the molecule is COc1cc(OC)c(NC(=O)CC[C@@H]2NC(=O)c3ccccc3NC2=O)cc1Cl. The van der Waals surface area contributed by atoms with E-state index in [9.17, 15) is 14.4 Å². The summed E-state index contributed by atoms with van der Waals surface area (Å²) in [6.45, 7) is 0. The summed E-state index contributed by atoms with van der Waals surface area (Å²) in [6.07, 6.45) is 0.130. The zero-order chi connectivity index (χ0) is 21.0. The first kappa shape index (κ1) is 20.5. The number of benzene rings is 2. The van der Waals surface area contributed by atoms with Gasteiger partial charge in [-0.1, -0.05) is 23.7 Å². The van der Waals surface area contributed by atoms with Crippen LogP contribution >= 0.6 is 11.6 Å². The Morgan fingerprint density at radius 2 is 1.86 bits per heavy atom. The number of methoxy groups -OCH3 is 2. The molecule has 0 aromatic heterocycles. The Bertz CT molecular complexity index is 963. The summed E-state index contributed by atoms with van der Waals surface area (Å²) < 4.78 is 10.4. The average Bonchev–Trinajstić information content (AvgIpc) is 2.82. The quantitative estimate of drug-likeness (QED) is 0.670. The first-order chi connectivity index (χ1) is 13.9. The number of nitrogens with one attached hydrogen (secondary N) is 3. The second-order valence-corrected chi connectivity index (χ2v) is 6.74. The van der Waals surface area contributed by atoms with Crippen LogP contribution in [0.4, 0.5) is 11.4 Å². The minimum atomic E-state index is -0.831. The van der Waals surface area contributed by atoms with Gasteiger partial charge in [-0.2, -0.15) is 0 Å². The molecule has 0 bridgehead atoms. The number of hydrogen-bond donors (Lipinski definition) is 3. The van der Waals surface area contributed by atoms with Gasteiger partial charge in [-0.25, -0.2) is 0 Å². The summed E-state index contributed by atoms with van der Waals surface area (Å²) >= 11 is 6.11. The molecule has 1 aliphatic rings. The molecule has 9 heteroatoms.